The van der Waals surface area contributed by atoms with Gasteiger partial charge in [-0.05, 0) is 99.5 Å². The lowest BCUT2D eigenvalue weighted by Crippen LogP contribution is -2.54. The minimum atomic E-state index is -0.185. The summed E-state index contributed by atoms with van der Waals surface area (Å²) < 4.78 is 14.6. The first-order valence-electron chi connectivity index (χ1n) is 15.2. The molecule has 2 heteroatoms. The van der Waals surface area contributed by atoms with Gasteiger partial charge in [-0.1, -0.05) is 111 Å². The molecule has 1 saturated carbocycles. The fourth-order valence-electron chi connectivity index (χ4n) is 8.27. The molecule has 0 radical (unpaired) electrons. The third-order valence-corrected chi connectivity index (χ3v) is 10.5. The van der Waals surface area contributed by atoms with E-state index in [2.05, 4.69) is 122 Å². The van der Waals surface area contributed by atoms with Crippen LogP contribution >= 0.6 is 0 Å². The Hall–Kier alpha value is -4.43. The van der Waals surface area contributed by atoms with Gasteiger partial charge in [0.15, 0.2) is 0 Å². The van der Waals surface area contributed by atoms with Crippen molar-refractivity contribution in [3.8, 4) is 22.3 Å². The molecule has 1 aliphatic heterocycles. The smallest absolute Gasteiger partial charge is 0.125 e. The van der Waals surface area contributed by atoms with Crippen molar-refractivity contribution in [3.63, 3.8) is 0 Å². The first-order valence-corrected chi connectivity index (χ1v) is 15.2. The molecule has 0 spiro atoms. The lowest BCUT2D eigenvalue weighted by atomic mass is 9.61. The zero-order chi connectivity index (χ0) is 28.5. The highest BCUT2D eigenvalue weighted by Crippen LogP contribution is 2.61. The van der Waals surface area contributed by atoms with Crippen molar-refractivity contribution >= 4 is 32.9 Å². The second kappa shape index (κ2) is 9.29. The predicted molar refractivity (Wildman–Crippen MR) is 175 cm³/mol. The van der Waals surface area contributed by atoms with Crippen LogP contribution in [0.2, 0.25) is 0 Å². The number of halogens is 1. The SMILES string of the molecule is CC12CCCCC1(C)N(c1cccc(F)c1)c1ccc(-c3c4ccccc4c(-c4ccccc4)c4ccccc34)cc12. The molecule has 8 rings (SSSR count). The van der Waals surface area contributed by atoms with Crippen LogP contribution in [0, 0.1) is 5.82 Å². The molecule has 2 unspecified atom stereocenters. The first kappa shape index (κ1) is 25.3. The highest BCUT2D eigenvalue weighted by atomic mass is 19.1. The van der Waals surface area contributed by atoms with E-state index in [4.69, 9.17) is 0 Å². The van der Waals surface area contributed by atoms with Crippen molar-refractivity contribution in [1.82, 2.24) is 0 Å². The Morgan fingerprint density at radius 3 is 1.81 bits per heavy atom. The number of rotatable bonds is 3. The fraction of sp³-hybridized carbons (Fsp3) is 0.200. The predicted octanol–water partition coefficient (Wildman–Crippen LogP) is 11.2. The molecule has 0 N–H and O–H groups in total. The minimum absolute atomic E-state index is 0.0432. The van der Waals surface area contributed by atoms with E-state index in [-0.39, 0.29) is 16.8 Å². The maximum Gasteiger partial charge on any atom is 0.125 e. The molecule has 206 valence electrons. The van der Waals surface area contributed by atoms with Gasteiger partial charge in [0.1, 0.15) is 5.82 Å². The van der Waals surface area contributed by atoms with E-state index >= 15 is 0 Å². The maximum absolute atomic E-state index is 14.6. The van der Waals surface area contributed by atoms with Crippen LogP contribution in [-0.2, 0) is 5.41 Å². The third-order valence-electron chi connectivity index (χ3n) is 10.5. The standard InChI is InChI=1S/C40H34FN/c1-39-23-10-11-24-40(39,2)42(30-16-12-15-29(41)26-30)36-22-21-28(25-35(36)39)38-33-19-8-6-17-31(33)37(27-13-4-3-5-14-27)32-18-7-9-20-34(32)38/h3-9,12-22,25-26H,10-11,23-24H2,1-2H3. The van der Waals surface area contributed by atoms with E-state index in [1.807, 2.05) is 6.07 Å². The Labute approximate surface area is 247 Å². The average molecular weight is 548 g/mol. The molecular weight excluding hydrogens is 513 g/mol. The zero-order valence-electron chi connectivity index (χ0n) is 24.2. The summed E-state index contributed by atoms with van der Waals surface area (Å²) in [6.45, 7) is 4.85. The van der Waals surface area contributed by atoms with Crippen LogP contribution in [0.4, 0.5) is 15.8 Å². The highest BCUT2D eigenvalue weighted by molar-refractivity contribution is 6.21. The summed E-state index contributed by atoms with van der Waals surface area (Å²) in [4.78, 5) is 2.45. The van der Waals surface area contributed by atoms with Crippen molar-refractivity contribution in [1.29, 1.82) is 0 Å². The van der Waals surface area contributed by atoms with Crippen LogP contribution < -0.4 is 4.90 Å². The Balaban J connectivity index is 1.42. The summed E-state index contributed by atoms with van der Waals surface area (Å²) >= 11 is 0. The van der Waals surface area contributed by atoms with Crippen molar-refractivity contribution in [2.24, 2.45) is 0 Å². The molecule has 6 aromatic rings. The largest absolute Gasteiger partial charge is 0.334 e. The lowest BCUT2D eigenvalue weighted by molar-refractivity contribution is 0.195. The van der Waals surface area contributed by atoms with Gasteiger partial charge >= 0.3 is 0 Å². The van der Waals surface area contributed by atoms with Crippen molar-refractivity contribution < 1.29 is 4.39 Å². The van der Waals surface area contributed by atoms with Crippen LogP contribution in [0.5, 0.6) is 0 Å². The van der Waals surface area contributed by atoms with Crippen molar-refractivity contribution in [2.75, 3.05) is 4.90 Å². The van der Waals surface area contributed by atoms with E-state index in [1.54, 1.807) is 12.1 Å². The molecule has 1 heterocycles. The Morgan fingerprint density at radius 2 is 1.17 bits per heavy atom. The van der Waals surface area contributed by atoms with Gasteiger partial charge < -0.3 is 4.90 Å². The van der Waals surface area contributed by atoms with E-state index in [0.717, 1.165) is 18.5 Å². The Bertz CT molecular complexity index is 1940. The molecule has 0 saturated heterocycles. The minimum Gasteiger partial charge on any atom is -0.334 e. The summed E-state index contributed by atoms with van der Waals surface area (Å²) in [5.74, 6) is -0.185. The van der Waals surface area contributed by atoms with E-state index in [1.165, 1.54) is 67.9 Å². The van der Waals surface area contributed by atoms with Gasteiger partial charge in [0, 0.05) is 16.8 Å². The van der Waals surface area contributed by atoms with Gasteiger partial charge in [-0.2, -0.15) is 0 Å². The molecule has 0 bridgehead atoms. The summed E-state index contributed by atoms with van der Waals surface area (Å²) in [6.07, 6.45) is 4.61. The van der Waals surface area contributed by atoms with Crippen LogP contribution in [0.1, 0.15) is 45.1 Å². The average Bonchev–Trinajstić information content (AvgIpc) is 3.23. The Morgan fingerprint density at radius 1 is 0.571 bits per heavy atom. The monoisotopic (exact) mass is 547 g/mol. The number of anilines is 2. The molecular formula is C40H34FN. The number of hydrogen-bond donors (Lipinski definition) is 0. The van der Waals surface area contributed by atoms with Crippen molar-refractivity contribution in [3.05, 3.63) is 133 Å². The van der Waals surface area contributed by atoms with Gasteiger partial charge in [0.05, 0.1) is 5.54 Å². The van der Waals surface area contributed by atoms with Gasteiger partial charge in [-0.3, -0.25) is 0 Å². The summed E-state index contributed by atoms with van der Waals surface area (Å²) in [5.41, 5.74) is 8.43. The molecule has 1 aliphatic carbocycles. The second-order valence-electron chi connectivity index (χ2n) is 12.6. The summed E-state index contributed by atoms with van der Waals surface area (Å²) in [6, 6.07) is 42.7. The molecule has 0 aromatic heterocycles. The molecule has 1 fully saturated rings. The second-order valence-corrected chi connectivity index (χ2v) is 12.6. The number of nitrogens with zero attached hydrogens (tertiary/aromatic N) is 1. The molecule has 42 heavy (non-hydrogen) atoms. The number of fused-ring (bicyclic) bond motifs is 5. The summed E-state index contributed by atoms with van der Waals surface area (Å²) in [7, 11) is 0. The van der Waals surface area contributed by atoms with Crippen LogP contribution in [0.15, 0.2) is 121 Å². The molecule has 2 atom stereocenters. The van der Waals surface area contributed by atoms with Crippen LogP contribution in [0.25, 0.3) is 43.8 Å². The van der Waals surface area contributed by atoms with Crippen LogP contribution in [0.3, 0.4) is 0 Å². The maximum atomic E-state index is 14.6. The topological polar surface area (TPSA) is 3.24 Å². The number of benzene rings is 6. The molecule has 0 amide bonds. The van der Waals surface area contributed by atoms with Crippen LogP contribution in [-0.4, -0.2) is 5.54 Å². The first-order chi connectivity index (χ1) is 20.5. The van der Waals surface area contributed by atoms with Gasteiger partial charge in [0.2, 0.25) is 0 Å². The molecule has 2 aliphatic rings. The lowest BCUT2D eigenvalue weighted by Gasteiger charge is -2.50. The van der Waals surface area contributed by atoms with Gasteiger partial charge in [-0.25, -0.2) is 4.39 Å². The van der Waals surface area contributed by atoms with Gasteiger partial charge in [0.25, 0.3) is 0 Å². The van der Waals surface area contributed by atoms with E-state index in [0.29, 0.717) is 0 Å². The van der Waals surface area contributed by atoms with E-state index < -0.39 is 0 Å². The third kappa shape index (κ3) is 3.48. The quantitative estimate of drug-likeness (QED) is 0.199. The normalized spacial score (nSPS) is 21.5. The fourth-order valence-corrected chi connectivity index (χ4v) is 8.27. The van der Waals surface area contributed by atoms with E-state index in [9.17, 15) is 4.39 Å². The van der Waals surface area contributed by atoms with Gasteiger partial charge in [-0.15, -0.1) is 0 Å². The molecule has 1 nitrogen and oxygen atoms in total. The summed E-state index contributed by atoms with van der Waals surface area (Å²) in [5, 5.41) is 5.08. The number of hydrogen-bond acceptors (Lipinski definition) is 1. The zero-order valence-corrected chi connectivity index (χ0v) is 24.2. The Kier molecular flexibility index (Phi) is 5.60. The molecule has 6 aromatic carbocycles. The highest BCUT2D eigenvalue weighted by Gasteiger charge is 2.57. The van der Waals surface area contributed by atoms with Crippen molar-refractivity contribution in [2.45, 2.75) is 50.5 Å².